The van der Waals surface area contributed by atoms with Crippen LogP contribution < -0.4 is 58.2 Å². The quantitative estimate of drug-likeness (QED) is 0.115. The van der Waals surface area contributed by atoms with Crippen molar-refractivity contribution in [3.05, 3.63) is 155 Å². The van der Waals surface area contributed by atoms with Gasteiger partial charge in [-0.25, -0.2) is 0 Å². The Kier molecular flexibility index (Phi) is 11.7. The summed E-state index contributed by atoms with van der Waals surface area (Å²) in [6.07, 6.45) is 9.84. The largest absolute Gasteiger partial charge is 1.00 e. The van der Waals surface area contributed by atoms with E-state index in [0.29, 0.717) is 6.61 Å². The maximum Gasteiger partial charge on any atom is 0.494 e. The van der Waals surface area contributed by atoms with Crippen molar-refractivity contribution in [2.75, 3.05) is 6.54 Å². The van der Waals surface area contributed by atoms with Gasteiger partial charge in [-0.05, 0) is 92.3 Å². The molecule has 0 radical (unpaired) electrons. The van der Waals surface area contributed by atoms with Crippen molar-refractivity contribution in [2.45, 2.75) is 65.8 Å². The number of allylic oxidation sites excluding steroid dienone is 1. The molecule has 9 rings (SSSR count). The van der Waals surface area contributed by atoms with Crippen molar-refractivity contribution in [1.29, 1.82) is 0 Å². The molecule has 288 valence electrons. The van der Waals surface area contributed by atoms with E-state index >= 15 is 0 Å². The molecule has 0 unspecified atom stereocenters. The first-order valence-electron chi connectivity index (χ1n) is 19.6. The Hall–Kier alpha value is -4.10. The van der Waals surface area contributed by atoms with E-state index in [9.17, 15) is 0 Å². The number of ether oxygens (including phenoxy) is 1. The van der Waals surface area contributed by atoms with Gasteiger partial charge in [0.05, 0.1) is 33.1 Å². The molecule has 6 aromatic rings. The van der Waals surface area contributed by atoms with Gasteiger partial charge in [-0.1, -0.05) is 85.8 Å². The molecule has 0 atom stereocenters. The Balaban J connectivity index is 0.00000248. The molecular formula is C49H47BI2N2O3. The lowest BCUT2D eigenvalue weighted by Gasteiger charge is -2.32. The Morgan fingerprint density at radius 3 is 1.93 bits per heavy atom. The van der Waals surface area contributed by atoms with Crippen LogP contribution >= 0.6 is 0 Å². The molecule has 3 aliphatic heterocycles. The van der Waals surface area contributed by atoms with Crippen LogP contribution in [-0.2, 0) is 15.9 Å². The van der Waals surface area contributed by atoms with Gasteiger partial charge in [-0.2, -0.15) is 9.15 Å². The predicted molar refractivity (Wildman–Crippen MR) is 228 cm³/mol. The van der Waals surface area contributed by atoms with E-state index in [1.807, 2.05) is 0 Å². The van der Waals surface area contributed by atoms with E-state index in [4.69, 9.17) is 14.0 Å². The highest BCUT2D eigenvalue weighted by Crippen LogP contribution is 2.39. The molecule has 0 aliphatic carbocycles. The van der Waals surface area contributed by atoms with Gasteiger partial charge in [0.25, 0.3) is 0 Å². The molecular weight excluding hydrogens is 929 g/mol. The van der Waals surface area contributed by atoms with Crippen molar-refractivity contribution in [1.82, 2.24) is 0 Å². The summed E-state index contributed by atoms with van der Waals surface area (Å²) in [6, 6.07) is 41.3. The predicted octanol–water partition coefficient (Wildman–Crippen LogP) is 4.59. The van der Waals surface area contributed by atoms with E-state index in [0.717, 1.165) is 40.9 Å². The van der Waals surface area contributed by atoms with Crippen molar-refractivity contribution in [2.24, 2.45) is 0 Å². The van der Waals surface area contributed by atoms with Gasteiger partial charge in [-0.3, -0.25) is 0 Å². The topological polar surface area (TPSA) is 33.7 Å². The third-order valence-corrected chi connectivity index (χ3v) is 11.9. The molecule has 0 saturated carbocycles. The molecule has 5 nitrogen and oxygen atoms in total. The molecule has 1 fully saturated rings. The molecule has 57 heavy (non-hydrogen) atoms. The fourth-order valence-electron chi connectivity index (χ4n) is 8.30. The first kappa shape index (κ1) is 41.1. The van der Waals surface area contributed by atoms with Gasteiger partial charge in [0, 0.05) is 36.3 Å². The summed E-state index contributed by atoms with van der Waals surface area (Å²) in [5.41, 5.74) is 11.1. The van der Waals surface area contributed by atoms with Crippen LogP contribution in [0.2, 0.25) is 0 Å². The molecule has 3 heterocycles. The third kappa shape index (κ3) is 7.32. The fraction of sp³-hybridized carbons (Fsp3) is 0.224. The van der Waals surface area contributed by atoms with Gasteiger partial charge >= 0.3 is 7.12 Å². The van der Waals surface area contributed by atoms with Crippen LogP contribution in [0.5, 0.6) is 5.75 Å². The summed E-state index contributed by atoms with van der Waals surface area (Å²) in [4.78, 5) is 0. The Labute approximate surface area is 371 Å². The van der Waals surface area contributed by atoms with Gasteiger partial charge < -0.3 is 62.0 Å². The highest BCUT2D eigenvalue weighted by molar-refractivity contribution is 6.62. The summed E-state index contributed by atoms with van der Waals surface area (Å²) >= 11 is 0. The monoisotopic (exact) mass is 976 g/mol. The third-order valence-electron chi connectivity index (χ3n) is 11.9. The van der Waals surface area contributed by atoms with Crippen LogP contribution in [0.15, 0.2) is 128 Å². The minimum absolute atomic E-state index is 0. The zero-order valence-electron chi connectivity index (χ0n) is 33.4. The zero-order chi connectivity index (χ0) is 37.9. The lowest BCUT2D eigenvalue weighted by atomic mass is 9.79. The van der Waals surface area contributed by atoms with Crippen LogP contribution in [0.4, 0.5) is 11.4 Å². The number of halogens is 2. The van der Waals surface area contributed by atoms with Crippen LogP contribution in [0, 0.1) is 0 Å². The number of hydrogen-bond acceptors (Lipinski definition) is 3. The lowest BCUT2D eigenvalue weighted by Crippen LogP contribution is -3.00. The van der Waals surface area contributed by atoms with E-state index in [1.54, 1.807) is 0 Å². The highest BCUT2D eigenvalue weighted by atomic mass is 127. The minimum atomic E-state index is -0.390. The van der Waals surface area contributed by atoms with E-state index < -0.39 is 7.12 Å². The second-order valence-corrected chi connectivity index (χ2v) is 15.7. The smallest absolute Gasteiger partial charge is 0.494 e. The average Bonchev–Trinajstić information content (AvgIpc) is 3.76. The molecule has 0 amide bonds. The van der Waals surface area contributed by atoms with E-state index in [1.165, 1.54) is 55.5 Å². The number of rotatable bonds is 10. The van der Waals surface area contributed by atoms with Crippen molar-refractivity contribution < 1.29 is 71.1 Å². The molecule has 0 spiro atoms. The Bertz CT molecular complexity index is 2620. The number of nitrogens with zero attached hydrogens (tertiary/aromatic N) is 2. The Morgan fingerprint density at radius 2 is 1.28 bits per heavy atom. The van der Waals surface area contributed by atoms with Gasteiger partial charge in [0.2, 0.25) is 17.1 Å². The fourth-order valence-corrected chi connectivity index (χ4v) is 8.30. The van der Waals surface area contributed by atoms with E-state index in [2.05, 4.69) is 190 Å². The van der Waals surface area contributed by atoms with Gasteiger partial charge in [0.15, 0.2) is 11.9 Å². The van der Waals surface area contributed by atoms with Crippen LogP contribution in [0.3, 0.4) is 0 Å². The van der Waals surface area contributed by atoms with Gasteiger partial charge in [0.1, 0.15) is 18.9 Å². The van der Waals surface area contributed by atoms with Crippen molar-refractivity contribution in [3.63, 3.8) is 0 Å². The van der Waals surface area contributed by atoms with Crippen LogP contribution in [0.25, 0.3) is 33.7 Å². The van der Waals surface area contributed by atoms with Crippen molar-refractivity contribution >= 4 is 69.1 Å². The first-order valence-corrected chi connectivity index (χ1v) is 19.6. The first-order chi connectivity index (χ1) is 26.7. The molecule has 3 aliphatic rings. The lowest BCUT2D eigenvalue weighted by molar-refractivity contribution is -0.430. The summed E-state index contributed by atoms with van der Waals surface area (Å²) in [5, 5.41) is 5.18. The summed E-state index contributed by atoms with van der Waals surface area (Å²) in [5.74, 6) is 0.831. The van der Waals surface area contributed by atoms with Crippen LogP contribution in [-0.4, -0.2) is 45.4 Å². The van der Waals surface area contributed by atoms with Crippen LogP contribution in [0.1, 0.15) is 75.8 Å². The maximum atomic E-state index is 6.61. The highest BCUT2D eigenvalue weighted by Gasteiger charge is 2.51. The zero-order valence-corrected chi connectivity index (χ0v) is 37.7. The standard InChI is InChI=1S/C49H47BN2O3.2HI/c1-7-41-39-17-9-13-35-16-12-20-44(46(35)39)52(41)30-29-37-31-33(23-27-42-40-18-10-14-36-15-11-19-43(47(36)40)51(42)8-2)24-28-45(37)53-32-34-21-25-38(26-22-34)50-54-48(3,4)49(5,6)55-50;;/h9-31H,7-8,32H2,1-6H3;2*1H/q+2;;/p-2/b27-23+,30-29+;;. The second-order valence-electron chi connectivity index (χ2n) is 15.7. The summed E-state index contributed by atoms with van der Waals surface area (Å²) in [7, 11) is -0.390. The molecule has 0 N–H and O–H groups in total. The SMILES string of the molecule is CCC1=[N+](/C=C/c2cc(/C=C/C3=[N+](CC)c4cccc5cccc3c45)ccc2OCc2ccc(B3OC(C)(C)C(C)(C)O3)cc2)c2cccc3cccc1c23.[I-].[I-]. The molecule has 6 aromatic carbocycles. The molecule has 1 saturated heterocycles. The maximum absolute atomic E-state index is 6.61. The molecule has 0 aromatic heterocycles. The average molecular weight is 977 g/mol. The molecule has 0 bridgehead atoms. The summed E-state index contributed by atoms with van der Waals surface area (Å²) in [6.45, 7) is 14.1. The molecule has 8 heteroatoms. The normalized spacial score (nSPS) is 16.4. The van der Waals surface area contributed by atoms with Gasteiger partial charge in [-0.15, -0.1) is 0 Å². The summed E-state index contributed by atoms with van der Waals surface area (Å²) < 4.78 is 24.0. The number of hydrogen-bond donors (Lipinski definition) is 0. The van der Waals surface area contributed by atoms with E-state index in [-0.39, 0.29) is 59.2 Å². The second kappa shape index (κ2) is 16.3. The Morgan fingerprint density at radius 1 is 0.667 bits per heavy atom. The minimum Gasteiger partial charge on any atom is -1.00 e. The van der Waals surface area contributed by atoms with Crippen molar-refractivity contribution in [3.8, 4) is 5.75 Å². The number of benzene rings is 6.